The van der Waals surface area contributed by atoms with Crippen molar-refractivity contribution in [2.45, 2.75) is 18.9 Å². The third-order valence-corrected chi connectivity index (χ3v) is 3.92. The fourth-order valence-electron chi connectivity index (χ4n) is 2.52. The Bertz CT molecular complexity index is 432. The Morgan fingerprint density at radius 1 is 1.25 bits per heavy atom. The first-order valence-electron chi connectivity index (χ1n) is 7.17. The first-order chi connectivity index (χ1) is 9.52. The van der Waals surface area contributed by atoms with Crippen molar-refractivity contribution >= 4 is 0 Å². The first-order valence-corrected chi connectivity index (χ1v) is 7.17. The highest BCUT2D eigenvalue weighted by atomic mass is 19.1. The van der Waals surface area contributed by atoms with Crippen molar-refractivity contribution < 1.29 is 4.39 Å². The summed E-state index contributed by atoms with van der Waals surface area (Å²) in [6.45, 7) is 6.51. The molecule has 5 heteroatoms. The van der Waals surface area contributed by atoms with Gasteiger partial charge < -0.3 is 10.6 Å². The summed E-state index contributed by atoms with van der Waals surface area (Å²) in [5.41, 5.74) is 9.81. The van der Waals surface area contributed by atoms with Gasteiger partial charge in [0, 0.05) is 38.3 Å². The highest BCUT2D eigenvalue weighted by Gasteiger charge is 2.27. The molecule has 1 aromatic rings. The van der Waals surface area contributed by atoms with Crippen LogP contribution in [0.3, 0.4) is 0 Å². The van der Waals surface area contributed by atoms with Crippen LogP contribution >= 0.6 is 0 Å². The van der Waals surface area contributed by atoms with Crippen molar-refractivity contribution in [1.29, 1.82) is 0 Å². The van der Waals surface area contributed by atoms with E-state index in [9.17, 15) is 4.39 Å². The van der Waals surface area contributed by atoms with Crippen LogP contribution in [0.25, 0.3) is 0 Å². The zero-order chi connectivity index (χ0) is 14.6. The second-order valence-electron chi connectivity index (χ2n) is 5.94. The van der Waals surface area contributed by atoms with Crippen LogP contribution in [-0.2, 0) is 6.42 Å². The molecule has 20 heavy (non-hydrogen) atoms. The van der Waals surface area contributed by atoms with E-state index in [1.807, 2.05) is 12.1 Å². The molecule has 0 spiro atoms. The van der Waals surface area contributed by atoms with Gasteiger partial charge in [-0.1, -0.05) is 18.2 Å². The molecule has 2 rings (SSSR count). The summed E-state index contributed by atoms with van der Waals surface area (Å²) in [5, 5.41) is 2.20. The monoisotopic (exact) mass is 280 g/mol. The molecule has 1 saturated heterocycles. The number of hydrogen-bond acceptors (Lipinski definition) is 4. The van der Waals surface area contributed by atoms with Gasteiger partial charge in [0.25, 0.3) is 0 Å². The van der Waals surface area contributed by atoms with E-state index in [-0.39, 0.29) is 11.4 Å². The summed E-state index contributed by atoms with van der Waals surface area (Å²) in [5.74, 6) is -0.160. The van der Waals surface area contributed by atoms with Crippen LogP contribution in [0.4, 0.5) is 4.39 Å². The van der Waals surface area contributed by atoms with Gasteiger partial charge in [0.1, 0.15) is 5.82 Å². The quantitative estimate of drug-likeness (QED) is 0.839. The Balaban J connectivity index is 2.00. The number of piperazine rings is 1. The smallest absolute Gasteiger partial charge is 0.126 e. The van der Waals surface area contributed by atoms with Crippen LogP contribution in [-0.4, -0.2) is 55.2 Å². The molecule has 3 N–H and O–H groups in total. The number of nitrogens with zero attached hydrogens (tertiary/aromatic N) is 2. The number of hydrazine groups is 1. The third-order valence-electron chi connectivity index (χ3n) is 3.92. The van der Waals surface area contributed by atoms with Gasteiger partial charge in [-0.25, -0.2) is 14.8 Å². The van der Waals surface area contributed by atoms with Crippen molar-refractivity contribution in [2.75, 3.05) is 39.8 Å². The van der Waals surface area contributed by atoms with Crippen LogP contribution < -0.4 is 11.2 Å². The lowest BCUT2D eigenvalue weighted by Gasteiger charge is -2.40. The lowest BCUT2D eigenvalue weighted by molar-refractivity contribution is 0.0604. The Kier molecular flexibility index (Phi) is 5.10. The molecule has 0 amide bonds. The topological polar surface area (TPSA) is 44.5 Å². The van der Waals surface area contributed by atoms with E-state index in [1.165, 1.54) is 6.07 Å². The molecule has 0 aromatic heterocycles. The van der Waals surface area contributed by atoms with Gasteiger partial charge in [-0.2, -0.15) is 0 Å². The number of benzene rings is 1. The number of rotatable bonds is 5. The highest BCUT2D eigenvalue weighted by molar-refractivity contribution is 5.20. The number of likely N-dealkylation sites (N-methyl/N-ethyl adjacent to an activating group) is 1. The van der Waals surface area contributed by atoms with Gasteiger partial charge in [-0.05, 0) is 32.0 Å². The molecule has 1 aliphatic rings. The van der Waals surface area contributed by atoms with Crippen molar-refractivity contribution in [3.8, 4) is 0 Å². The molecule has 0 saturated carbocycles. The highest BCUT2D eigenvalue weighted by Crippen LogP contribution is 2.16. The maximum Gasteiger partial charge on any atom is 0.126 e. The van der Waals surface area contributed by atoms with Crippen LogP contribution in [0.5, 0.6) is 0 Å². The van der Waals surface area contributed by atoms with Crippen molar-refractivity contribution in [2.24, 2.45) is 5.73 Å². The standard InChI is InChI=1S/C15H25FN4/c1-15(12-17,11-13-5-3-4-6-14(13)16)18-20-9-7-19(2)8-10-20/h3-6,18H,7-12,17H2,1-2H3. The maximum atomic E-state index is 13.8. The largest absolute Gasteiger partial charge is 0.329 e. The second kappa shape index (κ2) is 6.63. The summed E-state index contributed by atoms with van der Waals surface area (Å²) >= 11 is 0. The maximum absolute atomic E-state index is 13.8. The molecule has 0 aliphatic carbocycles. The van der Waals surface area contributed by atoms with Crippen LogP contribution in [0.15, 0.2) is 24.3 Å². The molecule has 0 bridgehead atoms. The molecule has 1 unspecified atom stereocenters. The van der Waals surface area contributed by atoms with Crippen LogP contribution in [0.1, 0.15) is 12.5 Å². The van der Waals surface area contributed by atoms with Gasteiger partial charge in [-0.15, -0.1) is 0 Å². The zero-order valence-electron chi connectivity index (χ0n) is 12.4. The van der Waals surface area contributed by atoms with E-state index < -0.39 is 0 Å². The normalized spacial score (nSPS) is 20.8. The van der Waals surface area contributed by atoms with E-state index in [0.717, 1.165) is 26.2 Å². The van der Waals surface area contributed by atoms with Crippen molar-refractivity contribution in [1.82, 2.24) is 15.3 Å². The molecule has 1 atom stereocenters. The fourth-order valence-corrected chi connectivity index (χ4v) is 2.52. The molecule has 112 valence electrons. The SMILES string of the molecule is CN1CCN(NC(C)(CN)Cc2ccccc2F)CC1. The summed E-state index contributed by atoms with van der Waals surface area (Å²) < 4.78 is 13.8. The molecule has 1 aliphatic heterocycles. The average Bonchev–Trinajstić information content (AvgIpc) is 2.44. The number of halogens is 1. The number of nitrogens with one attached hydrogen (secondary N) is 1. The van der Waals surface area contributed by atoms with E-state index >= 15 is 0 Å². The number of hydrogen-bond donors (Lipinski definition) is 2. The Morgan fingerprint density at radius 3 is 2.50 bits per heavy atom. The van der Waals surface area contributed by atoms with E-state index in [2.05, 4.69) is 29.3 Å². The van der Waals surface area contributed by atoms with Gasteiger partial charge in [0.15, 0.2) is 0 Å². The molecule has 1 aromatic carbocycles. The predicted octanol–water partition coefficient (Wildman–Crippen LogP) is 0.838. The molecule has 4 nitrogen and oxygen atoms in total. The lowest BCUT2D eigenvalue weighted by Crippen LogP contribution is -2.61. The van der Waals surface area contributed by atoms with Crippen molar-refractivity contribution in [3.63, 3.8) is 0 Å². The molecular formula is C15H25FN4. The van der Waals surface area contributed by atoms with E-state index in [1.54, 1.807) is 6.07 Å². The van der Waals surface area contributed by atoms with E-state index in [4.69, 9.17) is 5.73 Å². The van der Waals surface area contributed by atoms with Gasteiger partial charge in [-0.3, -0.25) is 0 Å². The Hall–Kier alpha value is -1.01. The fraction of sp³-hybridized carbons (Fsp3) is 0.600. The van der Waals surface area contributed by atoms with Gasteiger partial charge >= 0.3 is 0 Å². The molecule has 1 heterocycles. The molecular weight excluding hydrogens is 255 g/mol. The third kappa shape index (κ3) is 3.99. The Labute approximate surface area is 120 Å². The van der Waals surface area contributed by atoms with Crippen molar-refractivity contribution in [3.05, 3.63) is 35.6 Å². The summed E-state index contributed by atoms with van der Waals surface area (Å²) in [7, 11) is 2.12. The van der Waals surface area contributed by atoms with Gasteiger partial charge in [0.2, 0.25) is 0 Å². The average molecular weight is 280 g/mol. The van der Waals surface area contributed by atoms with Crippen LogP contribution in [0.2, 0.25) is 0 Å². The minimum absolute atomic E-state index is 0.160. The van der Waals surface area contributed by atoms with E-state index in [0.29, 0.717) is 18.5 Å². The Morgan fingerprint density at radius 2 is 1.90 bits per heavy atom. The molecule has 1 fully saturated rings. The lowest BCUT2D eigenvalue weighted by atomic mass is 9.93. The summed E-state index contributed by atoms with van der Waals surface area (Å²) in [6.07, 6.45) is 0.586. The number of nitrogens with two attached hydrogens (primary N) is 1. The first kappa shape index (κ1) is 15.4. The minimum Gasteiger partial charge on any atom is -0.329 e. The van der Waals surface area contributed by atoms with Crippen LogP contribution in [0, 0.1) is 5.82 Å². The predicted molar refractivity (Wildman–Crippen MR) is 79.8 cm³/mol. The minimum atomic E-state index is -0.321. The zero-order valence-corrected chi connectivity index (χ0v) is 12.4. The van der Waals surface area contributed by atoms with Gasteiger partial charge in [0.05, 0.1) is 0 Å². The second-order valence-corrected chi connectivity index (χ2v) is 5.94. The summed E-state index contributed by atoms with van der Waals surface area (Å²) in [4.78, 5) is 2.30. The molecule has 0 radical (unpaired) electrons. The summed E-state index contributed by atoms with van der Waals surface area (Å²) in [6, 6.07) is 6.91.